The topological polar surface area (TPSA) is 80.5 Å². The summed E-state index contributed by atoms with van der Waals surface area (Å²) in [6.07, 6.45) is 0.688. The molecule has 1 aromatic carbocycles. The summed E-state index contributed by atoms with van der Waals surface area (Å²) in [5, 5.41) is -0.662. The van der Waals surface area contributed by atoms with Crippen molar-refractivity contribution in [1.29, 1.82) is 0 Å². The first kappa shape index (κ1) is 11.9. The van der Waals surface area contributed by atoms with Crippen molar-refractivity contribution in [1.82, 2.24) is 4.90 Å². The SMILES string of the molecule is Nc1cccc(C2CN(C=O)CCS2(=O)=O)c1. The van der Waals surface area contributed by atoms with Gasteiger partial charge in [0, 0.05) is 18.8 Å². The van der Waals surface area contributed by atoms with Gasteiger partial charge in [-0.1, -0.05) is 12.1 Å². The number of nitrogens with two attached hydrogens (primary N) is 1. The lowest BCUT2D eigenvalue weighted by atomic mass is 10.1. The first-order chi connectivity index (χ1) is 8.03. The third-order valence-corrected chi connectivity index (χ3v) is 4.97. The van der Waals surface area contributed by atoms with Crippen LogP contribution in [0.5, 0.6) is 0 Å². The molecule has 0 aliphatic carbocycles. The van der Waals surface area contributed by atoms with Crippen molar-refractivity contribution < 1.29 is 13.2 Å². The fourth-order valence-corrected chi connectivity index (χ4v) is 3.73. The van der Waals surface area contributed by atoms with E-state index in [1.165, 1.54) is 4.90 Å². The van der Waals surface area contributed by atoms with Crippen molar-refractivity contribution in [3.63, 3.8) is 0 Å². The number of carbonyl (C=O) groups is 1. The predicted molar refractivity (Wildman–Crippen MR) is 65.0 cm³/mol. The molecule has 5 nitrogen and oxygen atoms in total. The van der Waals surface area contributed by atoms with Crippen LogP contribution in [-0.4, -0.2) is 38.6 Å². The van der Waals surface area contributed by atoms with Gasteiger partial charge in [-0.15, -0.1) is 0 Å². The lowest BCUT2D eigenvalue weighted by molar-refractivity contribution is -0.118. The number of amides is 1. The molecule has 17 heavy (non-hydrogen) atoms. The Bertz CT molecular complexity index is 527. The monoisotopic (exact) mass is 254 g/mol. The van der Waals surface area contributed by atoms with E-state index in [1.807, 2.05) is 0 Å². The van der Waals surface area contributed by atoms with Crippen LogP contribution >= 0.6 is 0 Å². The van der Waals surface area contributed by atoms with E-state index in [4.69, 9.17) is 5.73 Å². The Hall–Kier alpha value is -1.56. The Morgan fingerprint density at radius 2 is 2.18 bits per heavy atom. The zero-order chi connectivity index (χ0) is 12.5. The smallest absolute Gasteiger partial charge is 0.209 e. The van der Waals surface area contributed by atoms with Crippen molar-refractivity contribution in [2.24, 2.45) is 0 Å². The second-order valence-corrected chi connectivity index (χ2v) is 6.43. The van der Waals surface area contributed by atoms with E-state index < -0.39 is 15.1 Å². The highest BCUT2D eigenvalue weighted by Gasteiger charge is 2.33. The van der Waals surface area contributed by atoms with Gasteiger partial charge in [0.1, 0.15) is 5.25 Å². The zero-order valence-corrected chi connectivity index (χ0v) is 10.1. The summed E-state index contributed by atoms with van der Waals surface area (Å²) in [6, 6.07) is 6.81. The lowest BCUT2D eigenvalue weighted by Crippen LogP contribution is -2.41. The molecule has 2 N–H and O–H groups in total. The highest BCUT2D eigenvalue weighted by Crippen LogP contribution is 2.28. The van der Waals surface area contributed by atoms with Gasteiger partial charge in [-0.3, -0.25) is 4.79 Å². The fourth-order valence-electron chi connectivity index (χ4n) is 1.97. The molecular weight excluding hydrogens is 240 g/mol. The van der Waals surface area contributed by atoms with E-state index >= 15 is 0 Å². The summed E-state index contributed by atoms with van der Waals surface area (Å²) < 4.78 is 23.9. The quantitative estimate of drug-likeness (QED) is 0.603. The highest BCUT2D eigenvalue weighted by molar-refractivity contribution is 7.91. The van der Waals surface area contributed by atoms with Crippen molar-refractivity contribution in [3.8, 4) is 0 Å². The molecule has 92 valence electrons. The van der Waals surface area contributed by atoms with Crippen LogP contribution in [-0.2, 0) is 14.6 Å². The Labute approximate surface area is 100 Å². The number of anilines is 1. The molecule has 1 fully saturated rings. The minimum Gasteiger partial charge on any atom is -0.399 e. The number of nitrogens with zero attached hydrogens (tertiary/aromatic N) is 1. The van der Waals surface area contributed by atoms with Crippen molar-refractivity contribution >= 4 is 21.9 Å². The van der Waals surface area contributed by atoms with Gasteiger partial charge in [-0.05, 0) is 17.7 Å². The van der Waals surface area contributed by atoms with Crippen LogP contribution in [0.4, 0.5) is 5.69 Å². The van der Waals surface area contributed by atoms with E-state index in [0.29, 0.717) is 17.7 Å². The minimum atomic E-state index is -3.19. The molecule has 1 aliphatic heterocycles. The molecule has 0 aromatic heterocycles. The summed E-state index contributed by atoms with van der Waals surface area (Å²) in [4.78, 5) is 12.2. The van der Waals surface area contributed by atoms with E-state index in [1.54, 1.807) is 24.3 Å². The molecule has 1 atom stereocenters. The van der Waals surface area contributed by atoms with E-state index in [2.05, 4.69) is 0 Å². The largest absolute Gasteiger partial charge is 0.399 e. The first-order valence-corrected chi connectivity index (χ1v) is 7.01. The second kappa shape index (κ2) is 4.37. The summed E-state index contributed by atoms with van der Waals surface area (Å²) in [5.74, 6) is 0.00516. The number of hydrogen-bond acceptors (Lipinski definition) is 4. The molecule has 1 unspecified atom stereocenters. The van der Waals surface area contributed by atoms with Gasteiger partial charge in [-0.2, -0.15) is 0 Å². The number of nitrogen functional groups attached to an aromatic ring is 1. The van der Waals surface area contributed by atoms with Gasteiger partial charge in [0.15, 0.2) is 9.84 Å². The molecule has 1 amide bonds. The molecule has 0 radical (unpaired) electrons. The average Bonchev–Trinajstić information content (AvgIpc) is 2.29. The summed E-state index contributed by atoms with van der Waals surface area (Å²) >= 11 is 0. The van der Waals surface area contributed by atoms with Gasteiger partial charge < -0.3 is 10.6 Å². The van der Waals surface area contributed by atoms with E-state index in [-0.39, 0.29) is 18.8 Å². The van der Waals surface area contributed by atoms with Crippen LogP contribution in [0.3, 0.4) is 0 Å². The molecule has 1 aliphatic rings. The number of hydrogen-bond donors (Lipinski definition) is 1. The molecule has 2 rings (SSSR count). The lowest BCUT2D eigenvalue weighted by Gasteiger charge is -2.30. The maximum absolute atomic E-state index is 12.0. The number of carbonyl (C=O) groups excluding carboxylic acids is 1. The Kier molecular flexibility index (Phi) is 3.06. The van der Waals surface area contributed by atoms with Crippen LogP contribution in [0.15, 0.2) is 24.3 Å². The minimum absolute atomic E-state index is 0.00516. The summed E-state index contributed by atoms with van der Waals surface area (Å²) in [5.41, 5.74) is 6.82. The van der Waals surface area contributed by atoms with Crippen molar-refractivity contribution in [2.45, 2.75) is 5.25 Å². The third-order valence-electron chi connectivity index (χ3n) is 2.93. The zero-order valence-electron chi connectivity index (χ0n) is 9.24. The number of sulfone groups is 1. The van der Waals surface area contributed by atoms with Gasteiger partial charge in [0.25, 0.3) is 0 Å². The van der Waals surface area contributed by atoms with Gasteiger partial charge in [0.2, 0.25) is 6.41 Å². The second-order valence-electron chi connectivity index (χ2n) is 4.13. The highest BCUT2D eigenvalue weighted by atomic mass is 32.2. The third kappa shape index (κ3) is 2.41. The van der Waals surface area contributed by atoms with Gasteiger partial charge in [0.05, 0.1) is 5.75 Å². The van der Waals surface area contributed by atoms with Gasteiger partial charge >= 0.3 is 0 Å². The Balaban J connectivity index is 2.37. The summed E-state index contributed by atoms with van der Waals surface area (Å²) in [7, 11) is -3.19. The fraction of sp³-hybridized carbons (Fsp3) is 0.364. The van der Waals surface area contributed by atoms with E-state index in [0.717, 1.165) is 0 Å². The van der Waals surface area contributed by atoms with Crippen LogP contribution in [0.25, 0.3) is 0 Å². The summed E-state index contributed by atoms with van der Waals surface area (Å²) in [6.45, 7) is 0.472. The van der Waals surface area contributed by atoms with Crippen molar-refractivity contribution in [3.05, 3.63) is 29.8 Å². The molecule has 1 heterocycles. The maximum atomic E-state index is 12.0. The molecule has 0 bridgehead atoms. The van der Waals surface area contributed by atoms with Crippen LogP contribution in [0, 0.1) is 0 Å². The molecule has 0 spiro atoms. The normalized spacial score (nSPS) is 23.3. The first-order valence-electron chi connectivity index (χ1n) is 5.29. The number of rotatable bonds is 2. The standard InChI is InChI=1S/C11H14N2O3S/c12-10-3-1-2-9(6-10)11-7-13(8-14)4-5-17(11,15)16/h1-3,6,8,11H,4-5,7,12H2. The van der Waals surface area contributed by atoms with Gasteiger partial charge in [-0.25, -0.2) is 8.42 Å². The van der Waals surface area contributed by atoms with Crippen LogP contribution < -0.4 is 5.73 Å². The van der Waals surface area contributed by atoms with Crippen LogP contribution in [0.1, 0.15) is 10.8 Å². The molecule has 0 saturated carbocycles. The number of benzene rings is 1. The molecule has 1 aromatic rings. The average molecular weight is 254 g/mol. The molecule has 1 saturated heterocycles. The van der Waals surface area contributed by atoms with Crippen molar-refractivity contribution in [2.75, 3.05) is 24.6 Å². The molecular formula is C11H14N2O3S. The Morgan fingerprint density at radius 3 is 2.82 bits per heavy atom. The Morgan fingerprint density at radius 1 is 1.41 bits per heavy atom. The van der Waals surface area contributed by atoms with Crippen LogP contribution in [0.2, 0.25) is 0 Å². The maximum Gasteiger partial charge on any atom is 0.209 e. The predicted octanol–water partition coefficient (Wildman–Crippen LogP) is 0.197. The van der Waals surface area contributed by atoms with E-state index in [9.17, 15) is 13.2 Å². The molecule has 6 heteroatoms.